The van der Waals surface area contributed by atoms with Crippen LogP contribution in [0.4, 0.5) is 0 Å². The standard InChI is InChI=1S/C12H16O3S/c1-7-5-9(11(13)12(14)15-3)10(16-4)6-8(7)2/h5-6,11,13H,1-4H3. The van der Waals surface area contributed by atoms with Crippen LogP contribution in [0.2, 0.25) is 0 Å². The average Bonchev–Trinajstić information content (AvgIpc) is 2.30. The fraction of sp³-hybridized carbons (Fsp3) is 0.417. The number of carbonyl (C=O) groups excluding carboxylic acids is 1. The Bertz CT molecular complexity index is 401. The molecule has 1 rings (SSSR count). The molecule has 0 saturated heterocycles. The molecule has 1 atom stereocenters. The predicted octanol–water partition coefficient (Wildman–Crippen LogP) is 2.23. The number of esters is 1. The Labute approximate surface area is 99.8 Å². The molecule has 0 spiro atoms. The zero-order valence-electron chi connectivity index (χ0n) is 9.90. The van der Waals surface area contributed by atoms with E-state index in [0.29, 0.717) is 5.56 Å². The maximum Gasteiger partial charge on any atom is 0.339 e. The zero-order valence-corrected chi connectivity index (χ0v) is 10.7. The van der Waals surface area contributed by atoms with E-state index in [1.165, 1.54) is 18.9 Å². The molecule has 0 saturated carbocycles. The first-order valence-electron chi connectivity index (χ1n) is 4.92. The predicted molar refractivity (Wildman–Crippen MR) is 64.7 cm³/mol. The zero-order chi connectivity index (χ0) is 12.3. The number of aliphatic hydroxyl groups excluding tert-OH is 1. The highest BCUT2D eigenvalue weighted by Gasteiger charge is 2.21. The summed E-state index contributed by atoms with van der Waals surface area (Å²) < 4.78 is 4.54. The molecule has 0 aliphatic rings. The molecule has 3 nitrogen and oxygen atoms in total. The van der Waals surface area contributed by atoms with Gasteiger partial charge in [0.05, 0.1) is 7.11 Å². The highest BCUT2D eigenvalue weighted by atomic mass is 32.2. The molecule has 1 N–H and O–H groups in total. The average molecular weight is 240 g/mol. The van der Waals surface area contributed by atoms with Gasteiger partial charge in [-0.2, -0.15) is 0 Å². The Morgan fingerprint density at radius 3 is 2.44 bits per heavy atom. The summed E-state index contributed by atoms with van der Waals surface area (Å²) in [6.07, 6.45) is 0.712. The van der Waals surface area contributed by atoms with Gasteiger partial charge >= 0.3 is 5.97 Å². The molecule has 0 fully saturated rings. The molecule has 1 unspecified atom stereocenters. The van der Waals surface area contributed by atoms with Crippen LogP contribution in [-0.4, -0.2) is 24.4 Å². The van der Waals surface area contributed by atoms with E-state index >= 15 is 0 Å². The largest absolute Gasteiger partial charge is 0.467 e. The topological polar surface area (TPSA) is 46.5 Å². The third-order valence-corrected chi connectivity index (χ3v) is 3.36. The van der Waals surface area contributed by atoms with Crippen molar-refractivity contribution in [2.75, 3.05) is 13.4 Å². The van der Waals surface area contributed by atoms with Crippen molar-refractivity contribution in [2.24, 2.45) is 0 Å². The number of methoxy groups -OCH3 is 1. The van der Waals surface area contributed by atoms with E-state index in [-0.39, 0.29) is 0 Å². The molecule has 16 heavy (non-hydrogen) atoms. The number of thioether (sulfide) groups is 1. The molecule has 1 aromatic rings. The Kier molecular flexibility index (Phi) is 4.38. The van der Waals surface area contributed by atoms with Crippen molar-refractivity contribution >= 4 is 17.7 Å². The van der Waals surface area contributed by atoms with Crippen LogP contribution in [0.15, 0.2) is 17.0 Å². The quantitative estimate of drug-likeness (QED) is 0.650. The van der Waals surface area contributed by atoms with Crippen LogP contribution in [0.5, 0.6) is 0 Å². The van der Waals surface area contributed by atoms with Gasteiger partial charge in [-0.25, -0.2) is 4.79 Å². The van der Waals surface area contributed by atoms with Gasteiger partial charge in [0.2, 0.25) is 0 Å². The van der Waals surface area contributed by atoms with Crippen molar-refractivity contribution in [3.05, 3.63) is 28.8 Å². The van der Waals surface area contributed by atoms with Gasteiger partial charge in [0.1, 0.15) is 0 Å². The Morgan fingerprint density at radius 2 is 1.94 bits per heavy atom. The van der Waals surface area contributed by atoms with Gasteiger partial charge in [0.25, 0.3) is 0 Å². The first kappa shape index (κ1) is 13.1. The minimum atomic E-state index is -1.20. The van der Waals surface area contributed by atoms with Crippen molar-refractivity contribution < 1.29 is 14.6 Å². The Hall–Kier alpha value is -1.00. The van der Waals surface area contributed by atoms with Crippen LogP contribution in [-0.2, 0) is 9.53 Å². The van der Waals surface area contributed by atoms with Gasteiger partial charge in [-0.05, 0) is 37.3 Å². The molecular formula is C12H16O3S. The van der Waals surface area contributed by atoms with Crippen LogP contribution in [0.25, 0.3) is 0 Å². The van der Waals surface area contributed by atoms with Crippen LogP contribution < -0.4 is 0 Å². The smallest absolute Gasteiger partial charge is 0.339 e. The maximum atomic E-state index is 11.3. The normalized spacial score (nSPS) is 12.3. The van der Waals surface area contributed by atoms with E-state index in [4.69, 9.17) is 0 Å². The van der Waals surface area contributed by atoms with E-state index in [1.54, 1.807) is 0 Å². The summed E-state index contributed by atoms with van der Waals surface area (Å²) in [6, 6.07) is 3.81. The van der Waals surface area contributed by atoms with E-state index in [9.17, 15) is 9.90 Å². The van der Waals surface area contributed by atoms with E-state index < -0.39 is 12.1 Å². The molecule has 0 aliphatic carbocycles. The van der Waals surface area contributed by atoms with Gasteiger partial charge in [-0.1, -0.05) is 6.07 Å². The number of aryl methyl sites for hydroxylation is 2. The second kappa shape index (κ2) is 5.37. The van der Waals surface area contributed by atoms with Crippen LogP contribution in [0.3, 0.4) is 0 Å². The second-order valence-electron chi connectivity index (χ2n) is 3.60. The van der Waals surface area contributed by atoms with Crippen LogP contribution >= 0.6 is 11.8 Å². The van der Waals surface area contributed by atoms with Crippen LogP contribution in [0.1, 0.15) is 22.8 Å². The third-order valence-electron chi connectivity index (χ3n) is 2.57. The first-order valence-corrected chi connectivity index (χ1v) is 6.14. The van der Waals surface area contributed by atoms with E-state index in [1.807, 2.05) is 32.2 Å². The first-order chi connectivity index (χ1) is 7.51. The fourth-order valence-corrected chi connectivity index (χ4v) is 2.14. The number of carbonyl (C=O) groups is 1. The summed E-state index contributed by atoms with van der Waals surface area (Å²) in [5.74, 6) is -0.626. The molecular weight excluding hydrogens is 224 g/mol. The molecule has 0 aliphatic heterocycles. The van der Waals surface area contributed by atoms with E-state index in [2.05, 4.69) is 4.74 Å². The van der Waals surface area contributed by atoms with Gasteiger partial charge in [-0.15, -0.1) is 11.8 Å². The second-order valence-corrected chi connectivity index (χ2v) is 4.45. The molecule has 4 heteroatoms. The molecule has 0 aromatic heterocycles. The van der Waals surface area contributed by atoms with Gasteiger partial charge in [0.15, 0.2) is 6.10 Å². The molecule has 0 amide bonds. The lowest BCUT2D eigenvalue weighted by atomic mass is 10.0. The number of benzene rings is 1. The van der Waals surface area contributed by atoms with Crippen LogP contribution in [0, 0.1) is 13.8 Å². The van der Waals surface area contributed by atoms with Crippen molar-refractivity contribution in [1.82, 2.24) is 0 Å². The fourth-order valence-electron chi connectivity index (χ4n) is 1.44. The lowest BCUT2D eigenvalue weighted by Crippen LogP contribution is -2.14. The highest BCUT2D eigenvalue weighted by Crippen LogP contribution is 2.29. The molecule has 0 radical (unpaired) electrons. The van der Waals surface area contributed by atoms with Crippen molar-refractivity contribution in [1.29, 1.82) is 0 Å². The maximum absolute atomic E-state index is 11.3. The third kappa shape index (κ3) is 2.57. The van der Waals surface area contributed by atoms with Crippen molar-refractivity contribution in [3.8, 4) is 0 Å². The monoisotopic (exact) mass is 240 g/mol. The van der Waals surface area contributed by atoms with Gasteiger partial charge in [0, 0.05) is 10.5 Å². The minimum Gasteiger partial charge on any atom is -0.467 e. The van der Waals surface area contributed by atoms with Crippen molar-refractivity contribution in [2.45, 2.75) is 24.8 Å². The Balaban J connectivity index is 3.21. The summed E-state index contributed by atoms with van der Waals surface area (Å²) >= 11 is 1.51. The summed E-state index contributed by atoms with van der Waals surface area (Å²) in [7, 11) is 1.27. The minimum absolute atomic E-state index is 0.613. The Morgan fingerprint density at radius 1 is 1.38 bits per heavy atom. The number of aliphatic hydroxyl groups is 1. The number of hydrogen-bond donors (Lipinski definition) is 1. The number of ether oxygens (including phenoxy) is 1. The molecule has 0 bridgehead atoms. The summed E-state index contributed by atoms with van der Waals surface area (Å²) in [6.45, 7) is 3.95. The summed E-state index contributed by atoms with van der Waals surface area (Å²) in [5, 5.41) is 9.83. The van der Waals surface area contributed by atoms with Crippen molar-refractivity contribution in [3.63, 3.8) is 0 Å². The van der Waals surface area contributed by atoms with Gasteiger partial charge in [-0.3, -0.25) is 0 Å². The molecule has 0 heterocycles. The highest BCUT2D eigenvalue weighted by molar-refractivity contribution is 7.98. The number of rotatable bonds is 3. The SMILES string of the molecule is COC(=O)C(O)c1cc(C)c(C)cc1SC. The summed E-state index contributed by atoms with van der Waals surface area (Å²) in [4.78, 5) is 12.2. The van der Waals surface area contributed by atoms with Gasteiger partial charge < -0.3 is 9.84 Å². The molecule has 1 aromatic carbocycles. The number of hydrogen-bond acceptors (Lipinski definition) is 4. The molecule has 88 valence electrons. The van der Waals surface area contributed by atoms with E-state index in [0.717, 1.165) is 16.0 Å². The summed E-state index contributed by atoms with van der Waals surface area (Å²) in [5.41, 5.74) is 2.81. The lowest BCUT2D eigenvalue weighted by molar-refractivity contribution is -0.150. The lowest BCUT2D eigenvalue weighted by Gasteiger charge is -2.14.